The minimum absolute atomic E-state index is 0.384. The van der Waals surface area contributed by atoms with Crippen molar-refractivity contribution in [2.45, 2.75) is 12.5 Å². The molecule has 0 bridgehead atoms. The van der Waals surface area contributed by atoms with Crippen LogP contribution in [0.5, 0.6) is 5.75 Å². The molecule has 2 nitrogen and oxygen atoms in total. The van der Waals surface area contributed by atoms with Gasteiger partial charge in [0.2, 0.25) is 0 Å². The Hall–Kier alpha value is -1.30. The number of halogens is 4. The summed E-state index contributed by atoms with van der Waals surface area (Å²) >= 11 is 0. The summed E-state index contributed by atoms with van der Waals surface area (Å²) in [6.07, 6.45) is -2.92. The van der Waals surface area contributed by atoms with Gasteiger partial charge in [-0.1, -0.05) is 0 Å². The van der Waals surface area contributed by atoms with Crippen molar-refractivity contribution >= 4 is 0 Å². The van der Waals surface area contributed by atoms with Gasteiger partial charge in [0.25, 0.3) is 6.43 Å². The molecule has 0 fully saturated rings. The molecule has 2 N–H and O–H groups in total. The smallest absolute Gasteiger partial charge is 0.257 e. The third-order valence-corrected chi connectivity index (χ3v) is 1.87. The van der Waals surface area contributed by atoms with E-state index in [1.54, 1.807) is 0 Å². The molecule has 84 valence electrons. The van der Waals surface area contributed by atoms with Gasteiger partial charge in [0.05, 0.1) is 13.2 Å². The number of benzene rings is 1. The highest BCUT2D eigenvalue weighted by molar-refractivity contribution is 5.38. The highest BCUT2D eigenvalue weighted by Gasteiger charge is 2.24. The van der Waals surface area contributed by atoms with Crippen molar-refractivity contribution in [3.8, 4) is 5.75 Å². The molecule has 0 aliphatic heterocycles. The van der Waals surface area contributed by atoms with Crippen LogP contribution in [0.15, 0.2) is 12.1 Å². The Labute approximate surface area is 83.6 Å². The highest BCUT2D eigenvalue weighted by atomic mass is 19.3. The van der Waals surface area contributed by atoms with Crippen molar-refractivity contribution in [2.24, 2.45) is 5.73 Å². The molecule has 6 heteroatoms. The van der Waals surface area contributed by atoms with Crippen molar-refractivity contribution in [1.82, 2.24) is 0 Å². The number of nitrogens with two attached hydrogens (primary N) is 1. The first-order valence-electron chi connectivity index (χ1n) is 4.04. The molecule has 1 atom stereocenters. The summed E-state index contributed by atoms with van der Waals surface area (Å²) in [5, 5.41) is 0. The predicted molar refractivity (Wildman–Crippen MR) is 45.8 cm³/mol. The van der Waals surface area contributed by atoms with Crippen LogP contribution in [0.1, 0.15) is 11.6 Å². The van der Waals surface area contributed by atoms with E-state index in [4.69, 9.17) is 5.73 Å². The second kappa shape index (κ2) is 4.48. The first kappa shape index (κ1) is 11.8. The summed E-state index contributed by atoms with van der Waals surface area (Å²) in [4.78, 5) is 0. The van der Waals surface area contributed by atoms with Crippen LogP contribution in [0.4, 0.5) is 17.6 Å². The van der Waals surface area contributed by atoms with Crippen molar-refractivity contribution < 1.29 is 22.3 Å². The number of hydrogen-bond donors (Lipinski definition) is 1. The van der Waals surface area contributed by atoms with Crippen molar-refractivity contribution in [3.63, 3.8) is 0 Å². The molecule has 0 radical (unpaired) electrons. The van der Waals surface area contributed by atoms with E-state index in [1.807, 2.05) is 0 Å². The summed E-state index contributed by atoms with van der Waals surface area (Å²) < 4.78 is 54.9. The summed E-state index contributed by atoms with van der Waals surface area (Å²) in [6.45, 7) is 0. The molecule has 0 saturated carbocycles. The van der Waals surface area contributed by atoms with Crippen molar-refractivity contribution in [1.29, 1.82) is 0 Å². The number of hydrogen-bond acceptors (Lipinski definition) is 2. The Morgan fingerprint density at radius 3 is 2.33 bits per heavy atom. The Morgan fingerprint density at radius 1 is 1.27 bits per heavy atom. The van der Waals surface area contributed by atoms with Gasteiger partial charge in [-0.2, -0.15) is 0 Å². The van der Waals surface area contributed by atoms with Gasteiger partial charge in [-0.05, 0) is 6.07 Å². The molecule has 0 aromatic heterocycles. The Bertz CT molecular complexity index is 356. The van der Waals surface area contributed by atoms with Gasteiger partial charge >= 0.3 is 0 Å². The lowest BCUT2D eigenvalue weighted by Crippen LogP contribution is -2.20. The van der Waals surface area contributed by atoms with Gasteiger partial charge < -0.3 is 10.5 Å². The van der Waals surface area contributed by atoms with Gasteiger partial charge in [0.1, 0.15) is 5.82 Å². The zero-order valence-corrected chi connectivity index (χ0v) is 7.81. The maximum Gasteiger partial charge on any atom is 0.257 e. The van der Waals surface area contributed by atoms with E-state index in [0.717, 1.165) is 13.2 Å². The normalized spacial score (nSPS) is 13.0. The largest absolute Gasteiger partial charge is 0.493 e. The van der Waals surface area contributed by atoms with Crippen LogP contribution in [0.3, 0.4) is 0 Å². The highest BCUT2D eigenvalue weighted by Crippen LogP contribution is 2.30. The molecular formula is C9H9F4NO. The average Bonchev–Trinajstić information content (AvgIpc) is 2.15. The second-order valence-corrected chi connectivity index (χ2v) is 2.87. The van der Waals surface area contributed by atoms with Gasteiger partial charge in [0, 0.05) is 11.6 Å². The minimum Gasteiger partial charge on any atom is -0.493 e. The third-order valence-electron chi connectivity index (χ3n) is 1.87. The zero-order chi connectivity index (χ0) is 11.6. The van der Waals surface area contributed by atoms with Gasteiger partial charge in [-0.3, -0.25) is 0 Å². The van der Waals surface area contributed by atoms with Crippen LogP contribution in [0, 0.1) is 11.6 Å². The van der Waals surface area contributed by atoms with Crippen molar-refractivity contribution in [3.05, 3.63) is 29.3 Å². The quantitative estimate of drug-likeness (QED) is 0.797. The molecule has 0 heterocycles. The Kier molecular flexibility index (Phi) is 3.52. The monoisotopic (exact) mass is 223 g/mol. The van der Waals surface area contributed by atoms with Gasteiger partial charge in [0.15, 0.2) is 11.6 Å². The van der Waals surface area contributed by atoms with Crippen LogP contribution in [-0.4, -0.2) is 13.5 Å². The second-order valence-electron chi connectivity index (χ2n) is 2.87. The van der Waals surface area contributed by atoms with E-state index in [2.05, 4.69) is 4.74 Å². The fourth-order valence-corrected chi connectivity index (χ4v) is 1.18. The fourth-order valence-electron chi connectivity index (χ4n) is 1.18. The average molecular weight is 223 g/mol. The van der Waals surface area contributed by atoms with Crippen LogP contribution in [0.25, 0.3) is 0 Å². The van der Waals surface area contributed by atoms with Gasteiger partial charge in [-0.15, -0.1) is 0 Å². The van der Waals surface area contributed by atoms with E-state index < -0.39 is 29.9 Å². The van der Waals surface area contributed by atoms with E-state index in [0.29, 0.717) is 6.07 Å². The lowest BCUT2D eigenvalue weighted by molar-refractivity contribution is 0.114. The first-order valence-corrected chi connectivity index (χ1v) is 4.04. The number of methoxy groups -OCH3 is 1. The lowest BCUT2D eigenvalue weighted by atomic mass is 10.1. The molecule has 1 unspecified atom stereocenters. The molecule has 1 aromatic rings. The molecule has 0 amide bonds. The number of alkyl halides is 2. The predicted octanol–water partition coefficient (Wildman–Crippen LogP) is 2.24. The Morgan fingerprint density at radius 2 is 1.87 bits per heavy atom. The fraction of sp³-hybridized carbons (Fsp3) is 0.333. The summed E-state index contributed by atoms with van der Waals surface area (Å²) in [5.41, 5.74) is 4.70. The van der Waals surface area contributed by atoms with Crippen LogP contribution < -0.4 is 10.5 Å². The first-order chi connectivity index (χ1) is 6.97. The van der Waals surface area contributed by atoms with Gasteiger partial charge in [-0.25, -0.2) is 17.6 Å². The maximum absolute atomic E-state index is 13.1. The molecule has 1 rings (SSSR count). The van der Waals surface area contributed by atoms with Crippen molar-refractivity contribution in [2.75, 3.05) is 7.11 Å². The molecule has 0 spiro atoms. The molecule has 0 saturated heterocycles. The summed E-state index contributed by atoms with van der Waals surface area (Å²) in [7, 11) is 1.10. The van der Waals surface area contributed by atoms with E-state index in [1.165, 1.54) is 0 Å². The van der Waals surface area contributed by atoms with Crippen LogP contribution in [0.2, 0.25) is 0 Å². The standard InChI is InChI=1S/C9H9F4NO/c1-15-8-5(7(14)9(12)13)2-4(10)3-6(8)11/h2-3,7,9H,14H2,1H3. The van der Waals surface area contributed by atoms with E-state index in [-0.39, 0.29) is 5.56 Å². The minimum atomic E-state index is -2.92. The number of ether oxygens (including phenoxy) is 1. The molecule has 0 aliphatic rings. The zero-order valence-electron chi connectivity index (χ0n) is 7.81. The molecule has 1 aromatic carbocycles. The van der Waals surface area contributed by atoms with Crippen LogP contribution in [-0.2, 0) is 0 Å². The molecule has 0 aliphatic carbocycles. The summed E-state index contributed by atoms with van der Waals surface area (Å²) in [5.74, 6) is -2.48. The Balaban J connectivity index is 3.26. The topological polar surface area (TPSA) is 35.2 Å². The number of rotatable bonds is 3. The molecular weight excluding hydrogens is 214 g/mol. The molecule has 15 heavy (non-hydrogen) atoms. The summed E-state index contributed by atoms with van der Waals surface area (Å²) in [6, 6.07) is -0.496. The van der Waals surface area contributed by atoms with E-state index in [9.17, 15) is 17.6 Å². The third kappa shape index (κ3) is 2.38. The maximum atomic E-state index is 13.1. The lowest BCUT2D eigenvalue weighted by Gasteiger charge is -2.15. The van der Waals surface area contributed by atoms with E-state index >= 15 is 0 Å². The SMILES string of the molecule is COc1c(F)cc(F)cc1C(N)C(F)F. The van der Waals surface area contributed by atoms with Crippen LogP contribution >= 0.6 is 0 Å².